The topological polar surface area (TPSA) is 124 Å². The fraction of sp³-hybridized carbons (Fsp3) is 0.419. The van der Waals surface area contributed by atoms with Gasteiger partial charge in [0.05, 0.1) is 11.4 Å². The van der Waals surface area contributed by atoms with Gasteiger partial charge in [-0.25, -0.2) is 9.59 Å². The number of unbranched alkanes of at least 4 members (excludes halogenated alkanes) is 1. The van der Waals surface area contributed by atoms with Crippen molar-refractivity contribution in [1.82, 2.24) is 10.6 Å². The molecular formula is C31H38N2O7. The lowest BCUT2D eigenvalue weighted by Gasteiger charge is -2.24. The third kappa shape index (κ3) is 8.69. The van der Waals surface area contributed by atoms with Gasteiger partial charge in [-0.2, -0.15) is 0 Å². The molecular weight excluding hydrogens is 512 g/mol. The second kappa shape index (κ2) is 12.8. The molecule has 0 aliphatic heterocycles. The Morgan fingerprint density at radius 2 is 1.43 bits per heavy atom. The third-order valence-electron chi connectivity index (χ3n) is 5.68. The molecule has 2 N–H and O–H groups in total. The van der Waals surface area contributed by atoms with E-state index in [4.69, 9.17) is 13.9 Å². The second-order valence-electron chi connectivity index (χ2n) is 11.5. The molecule has 3 aromatic rings. The van der Waals surface area contributed by atoms with Crippen molar-refractivity contribution in [2.45, 2.75) is 78.0 Å². The lowest BCUT2D eigenvalue weighted by Crippen LogP contribution is -2.36. The quantitative estimate of drug-likeness (QED) is 0.237. The molecule has 1 atom stereocenters. The smallest absolute Gasteiger partial charge is 0.408 e. The number of ketones is 1. The van der Waals surface area contributed by atoms with Crippen molar-refractivity contribution in [1.29, 1.82) is 0 Å². The number of amides is 2. The van der Waals surface area contributed by atoms with Crippen molar-refractivity contribution in [2.24, 2.45) is 0 Å². The van der Waals surface area contributed by atoms with Gasteiger partial charge in [-0.3, -0.25) is 9.59 Å². The van der Waals surface area contributed by atoms with Gasteiger partial charge in [-0.1, -0.05) is 42.5 Å². The van der Waals surface area contributed by atoms with Crippen molar-refractivity contribution in [2.75, 3.05) is 6.54 Å². The number of carbonyl (C=O) groups is 3. The maximum absolute atomic E-state index is 13.7. The highest BCUT2D eigenvalue weighted by atomic mass is 16.6. The molecule has 0 spiro atoms. The number of fused-ring (bicyclic) bond motifs is 1. The van der Waals surface area contributed by atoms with Crippen LogP contribution in [0.25, 0.3) is 11.0 Å². The van der Waals surface area contributed by atoms with Crippen LogP contribution in [0.2, 0.25) is 0 Å². The van der Waals surface area contributed by atoms with E-state index in [0.717, 1.165) is 0 Å². The molecule has 2 amide bonds. The van der Waals surface area contributed by atoms with Gasteiger partial charge < -0.3 is 24.5 Å². The first-order valence-electron chi connectivity index (χ1n) is 13.4. The van der Waals surface area contributed by atoms with E-state index >= 15 is 0 Å². The van der Waals surface area contributed by atoms with E-state index in [-0.39, 0.29) is 16.7 Å². The van der Waals surface area contributed by atoms with Crippen LogP contribution in [0.5, 0.6) is 0 Å². The molecule has 0 aliphatic carbocycles. The Morgan fingerprint density at radius 3 is 2.08 bits per heavy atom. The Hall–Kier alpha value is -4.14. The molecule has 0 saturated carbocycles. The summed E-state index contributed by atoms with van der Waals surface area (Å²) in [6.45, 7) is 10.9. The lowest BCUT2D eigenvalue weighted by molar-refractivity contribution is 0.0492. The van der Waals surface area contributed by atoms with E-state index in [0.29, 0.717) is 37.0 Å². The summed E-state index contributed by atoms with van der Waals surface area (Å²) in [6, 6.07) is 14.3. The van der Waals surface area contributed by atoms with E-state index in [1.807, 2.05) is 0 Å². The summed E-state index contributed by atoms with van der Waals surface area (Å²) in [5.41, 5.74) is -1.37. The fourth-order valence-electron chi connectivity index (χ4n) is 4.05. The van der Waals surface area contributed by atoms with Crippen LogP contribution in [-0.2, 0) is 9.47 Å². The average Bonchev–Trinajstić information content (AvgIpc) is 2.86. The Balaban J connectivity index is 1.95. The molecule has 0 unspecified atom stereocenters. The molecule has 2 aromatic carbocycles. The molecule has 40 heavy (non-hydrogen) atoms. The van der Waals surface area contributed by atoms with Crippen LogP contribution in [0.3, 0.4) is 0 Å². The van der Waals surface area contributed by atoms with Gasteiger partial charge in [0, 0.05) is 12.1 Å². The summed E-state index contributed by atoms with van der Waals surface area (Å²) >= 11 is 0. The first-order valence-corrected chi connectivity index (χ1v) is 13.4. The number of hydrogen-bond donors (Lipinski definition) is 2. The molecule has 0 radical (unpaired) electrons. The SMILES string of the molecule is CC(C)(C)OC(=O)NCCCC[C@H](NC(=O)OC(C)(C)C)c1oc2ccccc2c(=O)c1C(=O)c1ccccc1. The van der Waals surface area contributed by atoms with Gasteiger partial charge in [0.25, 0.3) is 0 Å². The maximum atomic E-state index is 13.7. The maximum Gasteiger partial charge on any atom is 0.408 e. The number of para-hydroxylation sites is 1. The zero-order chi connectivity index (χ0) is 29.5. The van der Waals surface area contributed by atoms with Crippen LogP contribution in [0, 0.1) is 0 Å². The summed E-state index contributed by atoms with van der Waals surface area (Å²) in [4.78, 5) is 52.1. The molecule has 1 heterocycles. The van der Waals surface area contributed by atoms with E-state index in [1.54, 1.807) is 96.1 Å². The molecule has 0 aliphatic rings. The average molecular weight is 551 g/mol. The largest absolute Gasteiger partial charge is 0.458 e. The van der Waals surface area contributed by atoms with E-state index in [2.05, 4.69) is 10.6 Å². The van der Waals surface area contributed by atoms with Crippen molar-refractivity contribution < 1.29 is 28.3 Å². The highest BCUT2D eigenvalue weighted by molar-refractivity contribution is 6.10. The third-order valence-corrected chi connectivity index (χ3v) is 5.68. The number of alkyl carbamates (subject to hydrolysis) is 2. The minimum Gasteiger partial charge on any atom is -0.458 e. The monoisotopic (exact) mass is 550 g/mol. The van der Waals surface area contributed by atoms with Gasteiger partial charge in [-0.15, -0.1) is 0 Å². The molecule has 1 aromatic heterocycles. The first kappa shape index (κ1) is 30.4. The standard InChI is InChI=1S/C31H38N2O7/c1-30(2,3)39-28(36)32-19-13-12-17-22(33-29(37)40-31(4,5)6)27-24(25(34)20-14-8-7-9-15-20)26(35)21-16-10-11-18-23(21)38-27/h7-11,14-16,18,22H,12-13,17,19H2,1-6H3,(H,32,36)(H,33,37)/t22-/m0/s1. The van der Waals surface area contributed by atoms with E-state index < -0.39 is 40.6 Å². The Morgan fingerprint density at radius 1 is 0.825 bits per heavy atom. The minimum atomic E-state index is -0.851. The normalized spacial score (nSPS) is 12.4. The Kier molecular flexibility index (Phi) is 9.74. The van der Waals surface area contributed by atoms with Gasteiger partial charge in [-0.05, 0) is 72.9 Å². The molecule has 3 rings (SSSR count). The predicted octanol–water partition coefficient (Wildman–Crippen LogP) is 6.28. The number of ether oxygens (including phenoxy) is 2. The van der Waals surface area contributed by atoms with Crippen LogP contribution in [0.1, 0.15) is 88.5 Å². The van der Waals surface area contributed by atoms with Gasteiger partial charge in [0.15, 0.2) is 5.78 Å². The summed E-state index contributed by atoms with van der Waals surface area (Å²) in [7, 11) is 0. The zero-order valence-electron chi connectivity index (χ0n) is 24.0. The van der Waals surface area contributed by atoms with Crippen LogP contribution >= 0.6 is 0 Å². The van der Waals surface area contributed by atoms with Crippen molar-refractivity contribution in [3.8, 4) is 0 Å². The number of benzene rings is 2. The summed E-state index contributed by atoms with van der Waals surface area (Å²) in [6.07, 6.45) is 0.147. The number of carbonyl (C=O) groups excluding carboxylic acids is 3. The number of nitrogens with one attached hydrogen (secondary N) is 2. The molecule has 0 saturated heterocycles. The van der Waals surface area contributed by atoms with Crippen LogP contribution in [0.4, 0.5) is 9.59 Å². The highest BCUT2D eigenvalue weighted by Crippen LogP contribution is 2.27. The Bertz CT molecular complexity index is 1400. The number of hydrogen-bond acceptors (Lipinski definition) is 7. The first-order chi connectivity index (χ1) is 18.7. The predicted molar refractivity (Wildman–Crippen MR) is 153 cm³/mol. The fourth-order valence-corrected chi connectivity index (χ4v) is 4.05. The molecule has 214 valence electrons. The molecule has 0 bridgehead atoms. The van der Waals surface area contributed by atoms with Crippen molar-refractivity contribution in [3.05, 3.63) is 81.7 Å². The zero-order valence-corrected chi connectivity index (χ0v) is 24.0. The second-order valence-corrected chi connectivity index (χ2v) is 11.5. The lowest BCUT2D eigenvalue weighted by atomic mass is 9.95. The summed E-state index contributed by atoms with van der Waals surface area (Å²) < 4.78 is 16.9. The van der Waals surface area contributed by atoms with Gasteiger partial charge >= 0.3 is 12.2 Å². The summed E-state index contributed by atoms with van der Waals surface area (Å²) in [5.74, 6) is -0.443. The van der Waals surface area contributed by atoms with Crippen LogP contribution in [-0.4, -0.2) is 35.7 Å². The number of rotatable bonds is 9. The van der Waals surface area contributed by atoms with Gasteiger partial charge in [0.1, 0.15) is 28.1 Å². The molecule has 9 heteroatoms. The van der Waals surface area contributed by atoms with Crippen LogP contribution in [0.15, 0.2) is 63.8 Å². The molecule has 9 nitrogen and oxygen atoms in total. The van der Waals surface area contributed by atoms with E-state index in [9.17, 15) is 19.2 Å². The van der Waals surface area contributed by atoms with Crippen LogP contribution < -0.4 is 16.1 Å². The molecule has 0 fully saturated rings. The Labute approximate surface area is 234 Å². The van der Waals surface area contributed by atoms with Gasteiger partial charge in [0.2, 0.25) is 5.43 Å². The van der Waals surface area contributed by atoms with Crippen molar-refractivity contribution >= 4 is 28.9 Å². The van der Waals surface area contributed by atoms with E-state index in [1.165, 1.54) is 0 Å². The van der Waals surface area contributed by atoms with Crippen molar-refractivity contribution in [3.63, 3.8) is 0 Å². The highest BCUT2D eigenvalue weighted by Gasteiger charge is 2.30. The minimum absolute atomic E-state index is 0.0588. The summed E-state index contributed by atoms with van der Waals surface area (Å²) in [5, 5.41) is 5.78.